The number of hydrogen-bond acceptors (Lipinski definition) is 5. The Bertz CT molecular complexity index is 883. The Hall–Kier alpha value is -2.86. The Morgan fingerprint density at radius 3 is 2.67 bits per heavy atom. The van der Waals surface area contributed by atoms with Gasteiger partial charge in [-0.15, -0.1) is 0 Å². The van der Waals surface area contributed by atoms with Crippen molar-refractivity contribution in [2.24, 2.45) is 4.99 Å². The molecule has 1 N–H and O–H groups in total. The Morgan fingerprint density at radius 1 is 1.22 bits per heavy atom. The summed E-state index contributed by atoms with van der Waals surface area (Å²) < 4.78 is 5.44. The van der Waals surface area contributed by atoms with Gasteiger partial charge in [-0.2, -0.15) is 0 Å². The van der Waals surface area contributed by atoms with Gasteiger partial charge in [-0.05, 0) is 18.2 Å². The number of carboxylic acids is 1. The van der Waals surface area contributed by atoms with Crippen LogP contribution in [0.1, 0.15) is 24.0 Å². The molecule has 1 atom stereocenters. The van der Waals surface area contributed by atoms with Crippen molar-refractivity contribution in [1.82, 2.24) is 0 Å². The number of aliphatic carboxylic acids is 1. The largest absolute Gasteiger partial charge is 0.481 e. The molecule has 3 rings (SSSR count). The van der Waals surface area contributed by atoms with Crippen molar-refractivity contribution in [1.29, 1.82) is 0 Å². The van der Waals surface area contributed by atoms with Crippen molar-refractivity contribution in [3.8, 4) is 0 Å². The Balaban J connectivity index is 1.97. The Labute approximate surface area is 162 Å². The minimum atomic E-state index is -1.04. The summed E-state index contributed by atoms with van der Waals surface area (Å²) in [5.74, 6) is -1.63. The molecule has 7 heteroatoms. The highest BCUT2D eigenvalue weighted by Crippen LogP contribution is 2.29. The van der Waals surface area contributed by atoms with Gasteiger partial charge in [-0.25, -0.2) is 4.99 Å². The molecular formula is C20H19ClN2O4. The minimum Gasteiger partial charge on any atom is -0.481 e. The molecule has 0 saturated carbocycles. The first-order valence-corrected chi connectivity index (χ1v) is 8.87. The lowest BCUT2D eigenvalue weighted by Crippen LogP contribution is -2.30. The first-order chi connectivity index (χ1) is 12.9. The summed E-state index contributed by atoms with van der Waals surface area (Å²) in [6.07, 6.45) is -1.21. The maximum atomic E-state index is 12.0. The van der Waals surface area contributed by atoms with Crippen molar-refractivity contribution in [2.75, 3.05) is 18.5 Å². The van der Waals surface area contributed by atoms with E-state index in [2.05, 4.69) is 4.99 Å². The molecule has 0 aliphatic carbocycles. The second kappa shape index (κ2) is 8.22. The molecule has 0 radical (unpaired) electrons. The fourth-order valence-electron chi connectivity index (χ4n) is 2.93. The maximum absolute atomic E-state index is 12.0. The van der Waals surface area contributed by atoms with Gasteiger partial charge >= 0.3 is 11.9 Å². The summed E-state index contributed by atoms with van der Waals surface area (Å²) in [7, 11) is 1.88. The molecule has 1 heterocycles. The van der Waals surface area contributed by atoms with Crippen LogP contribution >= 0.6 is 11.6 Å². The van der Waals surface area contributed by atoms with Crippen molar-refractivity contribution in [3.63, 3.8) is 0 Å². The van der Waals surface area contributed by atoms with Gasteiger partial charge in [-0.1, -0.05) is 41.9 Å². The Morgan fingerprint density at radius 2 is 1.96 bits per heavy atom. The van der Waals surface area contributed by atoms with Crippen LogP contribution in [0.25, 0.3) is 0 Å². The van der Waals surface area contributed by atoms with Crippen LogP contribution in [0.2, 0.25) is 5.02 Å². The van der Waals surface area contributed by atoms with Crippen molar-refractivity contribution < 1.29 is 19.4 Å². The molecule has 1 aliphatic rings. The normalized spacial score (nSPS) is 16.1. The van der Waals surface area contributed by atoms with Gasteiger partial charge in [0.05, 0.1) is 25.1 Å². The van der Waals surface area contributed by atoms with Crippen LogP contribution in [-0.2, 0) is 14.3 Å². The topological polar surface area (TPSA) is 79.2 Å². The molecule has 27 heavy (non-hydrogen) atoms. The highest BCUT2D eigenvalue weighted by atomic mass is 35.5. The van der Waals surface area contributed by atoms with Crippen LogP contribution in [0.4, 0.5) is 5.69 Å². The zero-order valence-corrected chi connectivity index (χ0v) is 15.5. The molecule has 0 saturated heterocycles. The van der Waals surface area contributed by atoms with E-state index in [0.717, 1.165) is 16.8 Å². The number of benzodiazepines with no additional fused rings is 1. The van der Waals surface area contributed by atoms with E-state index in [1.807, 2.05) is 54.4 Å². The molecule has 0 amide bonds. The summed E-state index contributed by atoms with van der Waals surface area (Å²) in [5, 5.41) is 9.32. The summed E-state index contributed by atoms with van der Waals surface area (Å²) in [5.41, 5.74) is 3.32. The maximum Gasteiger partial charge on any atom is 0.308 e. The summed E-state index contributed by atoms with van der Waals surface area (Å²) in [6, 6.07) is 15.1. The molecule has 1 aliphatic heterocycles. The first kappa shape index (κ1) is 18.9. The molecule has 2 aromatic rings. The molecule has 140 valence electrons. The number of nitrogens with zero attached hydrogens (tertiary/aromatic N) is 2. The van der Waals surface area contributed by atoms with E-state index >= 15 is 0 Å². The number of hydrogen-bond donors (Lipinski definition) is 1. The van der Waals surface area contributed by atoms with Crippen LogP contribution in [0, 0.1) is 0 Å². The zero-order chi connectivity index (χ0) is 19.4. The number of carbonyl (C=O) groups is 2. The average Bonchev–Trinajstić information content (AvgIpc) is 2.77. The van der Waals surface area contributed by atoms with Crippen LogP contribution in [0.5, 0.6) is 0 Å². The molecule has 0 bridgehead atoms. The van der Waals surface area contributed by atoms with E-state index in [0.29, 0.717) is 17.3 Å². The van der Waals surface area contributed by atoms with Crippen molar-refractivity contribution >= 4 is 34.9 Å². The molecule has 6 nitrogen and oxygen atoms in total. The predicted octanol–water partition coefficient (Wildman–Crippen LogP) is 3.36. The Kier molecular flexibility index (Phi) is 5.76. The molecule has 0 fully saturated rings. The lowest BCUT2D eigenvalue weighted by atomic mass is 10.0. The number of fused-ring (bicyclic) bond motifs is 1. The SMILES string of the molecule is CN1CC(OC(=O)CCC(=O)O)N=C(c2ccccc2)c2cc(Cl)ccc21. The van der Waals surface area contributed by atoms with Gasteiger partial charge in [0.15, 0.2) is 0 Å². The van der Waals surface area contributed by atoms with E-state index in [1.165, 1.54) is 0 Å². The lowest BCUT2D eigenvalue weighted by molar-refractivity contribution is -0.151. The van der Waals surface area contributed by atoms with E-state index in [1.54, 1.807) is 6.07 Å². The number of carboxylic acid groups (broad SMARTS) is 1. The zero-order valence-electron chi connectivity index (χ0n) is 14.8. The van der Waals surface area contributed by atoms with Gasteiger partial charge in [0.1, 0.15) is 0 Å². The highest BCUT2D eigenvalue weighted by Gasteiger charge is 2.25. The highest BCUT2D eigenvalue weighted by molar-refractivity contribution is 6.31. The third-order valence-electron chi connectivity index (χ3n) is 4.19. The molecule has 1 unspecified atom stereocenters. The number of esters is 1. The number of carbonyl (C=O) groups excluding carboxylic acids is 1. The number of ether oxygens (including phenoxy) is 1. The van der Waals surface area contributed by atoms with Crippen molar-refractivity contribution in [2.45, 2.75) is 19.1 Å². The van der Waals surface area contributed by atoms with Crippen molar-refractivity contribution in [3.05, 3.63) is 64.7 Å². The summed E-state index contributed by atoms with van der Waals surface area (Å²) in [6.45, 7) is 0.351. The third kappa shape index (κ3) is 4.65. The van der Waals surface area contributed by atoms with E-state index in [4.69, 9.17) is 21.4 Å². The summed E-state index contributed by atoms with van der Waals surface area (Å²) in [4.78, 5) is 29.3. The van der Waals surface area contributed by atoms with Crippen LogP contribution < -0.4 is 4.90 Å². The van der Waals surface area contributed by atoms with Gasteiger partial charge in [-0.3, -0.25) is 9.59 Å². The number of likely N-dealkylation sites (N-methyl/N-ethyl adjacent to an activating group) is 1. The number of aliphatic imine (C=N–C) groups is 1. The molecule has 2 aromatic carbocycles. The second-order valence-corrected chi connectivity index (χ2v) is 6.66. The number of anilines is 1. The average molecular weight is 387 g/mol. The van der Waals surface area contributed by atoms with E-state index < -0.39 is 18.2 Å². The number of benzene rings is 2. The van der Waals surface area contributed by atoms with Crippen LogP contribution in [-0.4, -0.2) is 42.6 Å². The quantitative estimate of drug-likeness (QED) is 0.797. The first-order valence-electron chi connectivity index (χ1n) is 8.49. The number of rotatable bonds is 5. The van der Waals surface area contributed by atoms with Gasteiger partial charge in [0.2, 0.25) is 6.23 Å². The van der Waals surface area contributed by atoms with E-state index in [-0.39, 0.29) is 12.8 Å². The predicted molar refractivity (Wildman–Crippen MR) is 104 cm³/mol. The standard InChI is InChI=1S/C20H19ClN2O4/c1-23-12-17(27-19(26)10-9-18(24)25)22-20(13-5-3-2-4-6-13)15-11-14(21)7-8-16(15)23/h2-8,11,17H,9-10,12H2,1H3,(H,24,25). The monoisotopic (exact) mass is 386 g/mol. The van der Waals surface area contributed by atoms with Crippen LogP contribution in [0.15, 0.2) is 53.5 Å². The van der Waals surface area contributed by atoms with Gasteiger partial charge < -0.3 is 14.7 Å². The summed E-state index contributed by atoms with van der Waals surface area (Å²) >= 11 is 6.21. The van der Waals surface area contributed by atoms with Crippen LogP contribution in [0.3, 0.4) is 0 Å². The van der Waals surface area contributed by atoms with Gasteiger partial charge in [0, 0.05) is 28.9 Å². The lowest BCUT2D eigenvalue weighted by Gasteiger charge is -2.22. The fraction of sp³-hybridized carbons (Fsp3) is 0.250. The fourth-order valence-corrected chi connectivity index (χ4v) is 3.10. The smallest absolute Gasteiger partial charge is 0.308 e. The molecule has 0 spiro atoms. The van der Waals surface area contributed by atoms with E-state index in [9.17, 15) is 9.59 Å². The minimum absolute atomic E-state index is 0.190. The number of halogens is 1. The molecular weight excluding hydrogens is 368 g/mol. The molecule has 0 aromatic heterocycles. The third-order valence-corrected chi connectivity index (χ3v) is 4.42. The second-order valence-electron chi connectivity index (χ2n) is 6.22. The van der Waals surface area contributed by atoms with Gasteiger partial charge in [0.25, 0.3) is 0 Å².